The van der Waals surface area contributed by atoms with Gasteiger partial charge < -0.3 is 5.32 Å². The number of carbonyl (C=O) groups is 1. The minimum Gasteiger partial charge on any atom is -0.349 e. The third-order valence-corrected chi connectivity index (χ3v) is 6.38. The van der Waals surface area contributed by atoms with Crippen molar-refractivity contribution in [3.05, 3.63) is 58.6 Å². The van der Waals surface area contributed by atoms with Crippen LogP contribution in [-0.4, -0.2) is 20.4 Å². The summed E-state index contributed by atoms with van der Waals surface area (Å²) < 4.78 is 27.9. The summed E-state index contributed by atoms with van der Waals surface area (Å²) in [6.45, 7) is 1.74. The lowest BCUT2D eigenvalue weighted by molar-refractivity contribution is 0.0937. The zero-order chi connectivity index (χ0) is 18.7. The predicted octanol–water partition coefficient (Wildman–Crippen LogP) is 4.12. The maximum absolute atomic E-state index is 12.7. The van der Waals surface area contributed by atoms with Crippen molar-refractivity contribution in [1.29, 1.82) is 0 Å². The molecule has 0 saturated heterocycles. The molecular formula is C19H21ClN2O3S. The lowest BCUT2D eigenvalue weighted by Gasteiger charge is -2.14. The van der Waals surface area contributed by atoms with Gasteiger partial charge in [0.1, 0.15) is 0 Å². The van der Waals surface area contributed by atoms with Gasteiger partial charge in [0.2, 0.25) is 0 Å². The van der Waals surface area contributed by atoms with E-state index in [9.17, 15) is 13.2 Å². The molecule has 0 radical (unpaired) electrons. The molecule has 3 rings (SSSR count). The molecule has 0 heterocycles. The van der Waals surface area contributed by atoms with Crippen molar-refractivity contribution in [3.63, 3.8) is 0 Å². The first kappa shape index (κ1) is 18.7. The summed E-state index contributed by atoms with van der Waals surface area (Å²) in [6.07, 6.45) is 4.17. The van der Waals surface area contributed by atoms with Crippen LogP contribution in [0.25, 0.3) is 0 Å². The van der Waals surface area contributed by atoms with E-state index in [1.165, 1.54) is 12.1 Å². The third kappa shape index (κ3) is 4.19. The van der Waals surface area contributed by atoms with Crippen LogP contribution in [0.1, 0.15) is 41.6 Å². The number of halogens is 1. The van der Waals surface area contributed by atoms with Gasteiger partial charge in [0.25, 0.3) is 15.9 Å². The lowest BCUT2D eigenvalue weighted by atomic mass is 10.2. The van der Waals surface area contributed by atoms with Crippen molar-refractivity contribution < 1.29 is 13.2 Å². The van der Waals surface area contributed by atoms with Crippen LogP contribution >= 0.6 is 11.6 Å². The number of nitrogens with one attached hydrogen (secondary N) is 2. The molecule has 1 saturated carbocycles. The van der Waals surface area contributed by atoms with E-state index in [1.54, 1.807) is 37.3 Å². The quantitative estimate of drug-likeness (QED) is 0.803. The molecule has 2 aromatic rings. The van der Waals surface area contributed by atoms with E-state index in [-0.39, 0.29) is 16.8 Å². The van der Waals surface area contributed by atoms with Crippen LogP contribution in [0.15, 0.2) is 47.4 Å². The SMILES string of the molecule is Cc1c(Cl)cccc1NS(=O)(=O)c1cccc(C(=O)NC2CCCC2)c1. The Morgan fingerprint density at radius 2 is 1.81 bits per heavy atom. The van der Waals surface area contributed by atoms with E-state index in [1.807, 2.05) is 0 Å². The fourth-order valence-corrected chi connectivity index (χ4v) is 4.41. The van der Waals surface area contributed by atoms with Crippen molar-refractivity contribution in [2.75, 3.05) is 4.72 Å². The summed E-state index contributed by atoms with van der Waals surface area (Å²) in [5, 5.41) is 3.45. The van der Waals surface area contributed by atoms with Crippen LogP contribution in [0.3, 0.4) is 0 Å². The average molecular weight is 393 g/mol. The van der Waals surface area contributed by atoms with Gasteiger partial charge in [-0.2, -0.15) is 0 Å². The number of hydrogen-bond acceptors (Lipinski definition) is 3. The van der Waals surface area contributed by atoms with E-state index in [0.717, 1.165) is 25.7 Å². The molecule has 2 N–H and O–H groups in total. The molecule has 0 spiro atoms. The predicted molar refractivity (Wildman–Crippen MR) is 103 cm³/mol. The molecule has 1 aliphatic rings. The van der Waals surface area contributed by atoms with Gasteiger partial charge in [0, 0.05) is 16.6 Å². The minimum absolute atomic E-state index is 0.0379. The van der Waals surface area contributed by atoms with E-state index in [0.29, 0.717) is 21.8 Å². The number of sulfonamides is 1. The molecule has 2 aromatic carbocycles. The molecule has 0 aromatic heterocycles. The first-order valence-electron chi connectivity index (χ1n) is 8.56. The number of carbonyl (C=O) groups excluding carboxylic acids is 1. The number of rotatable bonds is 5. The molecule has 5 nitrogen and oxygen atoms in total. The van der Waals surface area contributed by atoms with Gasteiger partial charge in [0.05, 0.1) is 10.6 Å². The van der Waals surface area contributed by atoms with Gasteiger partial charge in [-0.1, -0.05) is 36.6 Å². The molecule has 138 valence electrons. The first-order chi connectivity index (χ1) is 12.4. The maximum atomic E-state index is 12.7. The fourth-order valence-electron chi connectivity index (χ4n) is 3.07. The molecule has 1 amide bonds. The Bertz CT molecular complexity index is 922. The Hall–Kier alpha value is -2.05. The third-order valence-electron chi connectivity index (χ3n) is 4.61. The topological polar surface area (TPSA) is 75.3 Å². The van der Waals surface area contributed by atoms with E-state index in [4.69, 9.17) is 11.6 Å². The summed E-state index contributed by atoms with van der Waals surface area (Å²) in [6, 6.07) is 11.3. The smallest absolute Gasteiger partial charge is 0.261 e. The Morgan fingerprint density at radius 3 is 2.54 bits per heavy atom. The molecule has 26 heavy (non-hydrogen) atoms. The molecule has 0 atom stereocenters. The second-order valence-electron chi connectivity index (χ2n) is 6.50. The number of anilines is 1. The largest absolute Gasteiger partial charge is 0.349 e. The molecule has 0 aliphatic heterocycles. The Morgan fingerprint density at radius 1 is 1.12 bits per heavy atom. The van der Waals surface area contributed by atoms with Crippen molar-refractivity contribution >= 4 is 33.2 Å². The van der Waals surface area contributed by atoms with Gasteiger partial charge in [-0.25, -0.2) is 8.42 Å². The average Bonchev–Trinajstić information content (AvgIpc) is 3.12. The Balaban J connectivity index is 1.81. The van der Waals surface area contributed by atoms with Crippen molar-refractivity contribution in [2.24, 2.45) is 0 Å². The van der Waals surface area contributed by atoms with Gasteiger partial charge in [-0.3, -0.25) is 9.52 Å². The highest BCUT2D eigenvalue weighted by Gasteiger charge is 2.20. The van der Waals surface area contributed by atoms with Crippen molar-refractivity contribution in [2.45, 2.75) is 43.5 Å². The highest BCUT2D eigenvalue weighted by Crippen LogP contribution is 2.26. The Kier molecular flexibility index (Phi) is 5.53. The van der Waals surface area contributed by atoms with Crippen LogP contribution in [0.4, 0.5) is 5.69 Å². The minimum atomic E-state index is -3.82. The maximum Gasteiger partial charge on any atom is 0.261 e. The first-order valence-corrected chi connectivity index (χ1v) is 10.4. The van der Waals surface area contributed by atoms with Gasteiger partial charge in [-0.05, 0) is 55.7 Å². The van der Waals surface area contributed by atoms with E-state index >= 15 is 0 Å². The monoisotopic (exact) mass is 392 g/mol. The van der Waals surface area contributed by atoms with Crippen molar-refractivity contribution in [1.82, 2.24) is 5.32 Å². The standard InChI is InChI=1S/C19H21ClN2O3S/c1-13-17(20)10-5-11-18(13)22-26(24,25)16-9-4-6-14(12-16)19(23)21-15-7-2-3-8-15/h4-6,9-12,15,22H,2-3,7-8H2,1H3,(H,21,23). The second-order valence-corrected chi connectivity index (χ2v) is 8.59. The van der Waals surface area contributed by atoms with E-state index < -0.39 is 10.0 Å². The normalized spacial score (nSPS) is 15.0. The molecule has 0 unspecified atom stereocenters. The lowest BCUT2D eigenvalue weighted by Crippen LogP contribution is -2.32. The van der Waals surface area contributed by atoms with Crippen LogP contribution in [0.2, 0.25) is 5.02 Å². The van der Waals surface area contributed by atoms with E-state index in [2.05, 4.69) is 10.0 Å². The number of benzene rings is 2. The zero-order valence-electron chi connectivity index (χ0n) is 14.5. The van der Waals surface area contributed by atoms with Gasteiger partial charge in [0.15, 0.2) is 0 Å². The Labute approximate surface area is 158 Å². The summed E-state index contributed by atoms with van der Waals surface area (Å²) in [5.41, 5.74) is 1.40. The van der Waals surface area contributed by atoms with Crippen LogP contribution < -0.4 is 10.0 Å². The van der Waals surface area contributed by atoms with Crippen molar-refractivity contribution in [3.8, 4) is 0 Å². The fraction of sp³-hybridized carbons (Fsp3) is 0.316. The molecule has 0 bridgehead atoms. The van der Waals surface area contributed by atoms with Crippen LogP contribution in [0, 0.1) is 6.92 Å². The highest BCUT2D eigenvalue weighted by atomic mass is 35.5. The summed E-state index contributed by atoms with van der Waals surface area (Å²) in [4.78, 5) is 12.4. The summed E-state index contributed by atoms with van der Waals surface area (Å²) in [5.74, 6) is -0.243. The number of hydrogen-bond donors (Lipinski definition) is 2. The van der Waals surface area contributed by atoms with Gasteiger partial charge >= 0.3 is 0 Å². The molecule has 7 heteroatoms. The molecule has 1 fully saturated rings. The summed E-state index contributed by atoms with van der Waals surface area (Å²) >= 11 is 6.05. The van der Waals surface area contributed by atoms with Gasteiger partial charge in [-0.15, -0.1) is 0 Å². The molecule has 1 aliphatic carbocycles. The highest BCUT2D eigenvalue weighted by molar-refractivity contribution is 7.92. The summed E-state index contributed by atoms with van der Waals surface area (Å²) in [7, 11) is -3.82. The van der Waals surface area contributed by atoms with Crippen LogP contribution in [-0.2, 0) is 10.0 Å². The zero-order valence-corrected chi connectivity index (χ0v) is 16.0. The van der Waals surface area contributed by atoms with Crippen LogP contribution in [0.5, 0.6) is 0 Å². The molecular weight excluding hydrogens is 372 g/mol. The number of amides is 1. The second kappa shape index (κ2) is 7.68.